The highest BCUT2D eigenvalue weighted by Gasteiger charge is 2.09. The number of rotatable bonds is 5. The molecule has 2 rings (SSSR count). The average molecular weight is 289 g/mol. The van der Waals surface area contributed by atoms with Crippen LogP contribution < -0.4 is 15.2 Å². The largest absolute Gasteiger partial charge is 0.493 e. The van der Waals surface area contributed by atoms with E-state index in [4.69, 9.17) is 25.5 Å². The molecule has 110 valence electrons. The molecule has 0 unspecified atom stereocenters. The predicted molar refractivity (Wildman–Crippen MR) is 75.7 cm³/mol. The molecule has 0 aliphatic carbocycles. The van der Waals surface area contributed by atoms with Crippen LogP contribution in [0.2, 0.25) is 0 Å². The molecule has 2 aromatic rings. The molecular formula is C14H15N3O4. The summed E-state index contributed by atoms with van der Waals surface area (Å²) < 4.78 is 10.8. The Labute approximate surface area is 121 Å². The third-order valence-electron chi connectivity index (χ3n) is 2.72. The zero-order chi connectivity index (χ0) is 15.2. The average Bonchev–Trinajstić information content (AvgIpc) is 2.54. The second-order valence-electron chi connectivity index (χ2n) is 4.09. The van der Waals surface area contributed by atoms with Gasteiger partial charge in [-0.1, -0.05) is 17.3 Å². The summed E-state index contributed by atoms with van der Waals surface area (Å²) in [7, 11) is 1.50. The van der Waals surface area contributed by atoms with Gasteiger partial charge in [-0.2, -0.15) is 0 Å². The number of oxime groups is 1. The molecule has 1 heterocycles. The standard InChI is InChI=1S/C14H15N3O4/c1-20-12-7-9(8-18)5-6-11(12)21-13-4-2-3-10(16-13)14(15)17-19/h2-7,18-19H,8H2,1H3,(H2,15,17). The van der Waals surface area contributed by atoms with Crippen LogP contribution in [0.25, 0.3) is 0 Å². The molecule has 0 saturated carbocycles. The number of hydrogen-bond acceptors (Lipinski definition) is 6. The lowest BCUT2D eigenvalue weighted by Gasteiger charge is -2.11. The van der Waals surface area contributed by atoms with E-state index in [-0.39, 0.29) is 18.3 Å². The summed E-state index contributed by atoms with van der Waals surface area (Å²) in [6.07, 6.45) is 0. The van der Waals surface area contributed by atoms with E-state index in [1.165, 1.54) is 7.11 Å². The lowest BCUT2D eigenvalue weighted by Crippen LogP contribution is -2.14. The number of amidine groups is 1. The number of hydrogen-bond donors (Lipinski definition) is 3. The molecule has 0 saturated heterocycles. The summed E-state index contributed by atoms with van der Waals surface area (Å²) in [4.78, 5) is 4.11. The Kier molecular flexibility index (Phi) is 4.57. The van der Waals surface area contributed by atoms with E-state index >= 15 is 0 Å². The monoisotopic (exact) mass is 289 g/mol. The van der Waals surface area contributed by atoms with Crippen molar-refractivity contribution in [2.45, 2.75) is 6.61 Å². The van der Waals surface area contributed by atoms with E-state index in [0.29, 0.717) is 22.8 Å². The maximum absolute atomic E-state index is 9.10. The van der Waals surface area contributed by atoms with Gasteiger partial charge in [0.25, 0.3) is 0 Å². The Morgan fingerprint density at radius 2 is 2.10 bits per heavy atom. The molecule has 21 heavy (non-hydrogen) atoms. The van der Waals surface area contributed by atoms with Crippen LogP contribution in [0, 0.1) is 0 Å². The van der Waals surface area contributed by atoms with Gasteiger partial charge in [0, 0.05) is 6.07 Å². The molecule has 0 radical (unpaired) electrons. The van der Waals surface area contributed by atoms with Crippen LogP contribution in [0.3, 0.4) is 0 Å². The minimum atomic E-state index is -0.108. The van der Waals surface area contributed by atoms with E-state index < -0.39 is 0 Å². The van der Waals surface area contributed by atoms with Crippen molar-refractivity contribution in [3.05, 3.63) is 47.7 Å². The van der Waals surface area contributed by atoms with Gasteiger partial charge in [0.1, 0.15) is 5.69 Å². The van der Waals surface area contributed by atoms with Crippen LogP contribution >= 0.6 is 0 Å². The number of aliphatic hydroxyl groups is 1. The van der Waals surface area contributed by atoms with Crippen LogP contribution in [-0.2, 0) is 6.61 Å². The smallest absolute Gasteiger partial charge is 0.220 e. The van der Waals surface area contributed by atoms with Crippen molar-refractivity contribution in [3.8, 4) is 17.4 Å². The number of methoxy groups -OCH3 is 1. The van der Waals surface area contributed by atoms with Gasteiger partial charge < -0.3 is 25.5 Å². The Balaban J connectivity index is 2.30. The summed E-state index contributed by atoms with van der Waals surface area (Å²) in [5.41, 5.74) is 6.48. The van der Waals surface area contributed by atoms with E-state index in [1.54, 1.807) is 36.4 Å². The first-order chi connectivity index (χ1) is 10.2. The molecule has 4 N–H and O–H groups in total. The SMILES string of the molecule is COc1cc(CO)ccc1Oc1cccc(/C(N)=N/O)n1. The number of aliphatic hydroxyl groups excluding tert-OH is 1. The normalized spacial score (nSPS) is 11.2. The molecule has 0 aliphatic rings. The first kappa shape index (κ1) is 14.6. The highest BCUT2D eigenvalue weighted by atomic mass is 16.5. The third kappa shape index (κ3) is 3.40. The minimum Gasteiger partial charge on any atom is -0.493 e. The fourth-order valence-electron chi connectivity index (χ4n) is 1.67. The second-order valence-corrected chi connectivity index (χ2v) is 4.09. The molecule has 1 aromatic carbocycles. The Bertz CT molecular complexity index is 658. The number of nitrogens with zero attached hydrogens (tertiary/aromatic N) is 2. The van der Waals surface area contributed by atoms with Gasteiger partial charge in [0.05, 0.1) is 13.7 Å². The van der Waals surface area contributed by atoms with Crippen molar-refractivity contribution >= 4 is 5.84 Å². The topological polar surface area (TPSA) is 110 Å². The summed E-state index contributed by atoms with van der Waals surface area (Å²) in [5.74, 6) is 1.08. The van der Waals surface area contributed by atoms with Crippen LogP contribution in [0.1, 0.15) is 11.3 Å². The molecule has 7 nitrogen and oxygen atoms in total. The van der Waals surface area contributed by atoms with Gasteiger partial charge in [-0.05, 0) is 23.8 Å². The molecule has 0 spiro atoms. The second kappa shape index (κ2) is 6.58. The fourth-order valence-corrected chi connectivity index (χ4v) is 1.67. The van der Waals surface area contributed by atoms with E-state index in [9.17, 15) is 0 Å². The van der Waals surface area contributed by atoms with Crippen LogP contribution in [0.4, 0.5) is 0 Å². The fraction of sp³-hybridized carbons (Fsp3) is 0.143. The lowest BCUT2D eigenvalue weighted by atomic mass is 10.2. The molecular weight excluding hydrogens is 274 g/mol. The Morgan fingerprint density at radius 1 is 1.29 bits per heavy atom. The van der Waals surface area contributed by atoms with E-state index in [0.717, 1.165) is 0 Å². The number of ether oxygens (including phenoxy) is 2. The zero-order valence-corrected chi connectivity index (χ0v) is 11.4. The summed E-state index contributed by atoms with van der Waals surface area (Å²) in [5, 5.41) is 20.6. The van der Waals surface area contributed by atoms with Crippen LogP contribution in [0.15, 0.2) is 41.6 Å². The van der Waals surface area contributed by atoms with Crippen LogP contribution in [-0.4, -0.2) is 28.2 Å². The van der Waals surface area contributed by atoms with Crippen molar-refractivity contribution in [1.29, 1.82) is 0 Å². The molecule has 1 aromatic heterocycles. The molecule has 7 heteroatoms. The first-order valence-electron chi connectivity index (χ1n) is 6.08. The van der Waals surface area contributed by atoms with Gasteiger partial charge in [0.2, 0.25) is 5.88 Å². The number of benzene rings is 1. The van der Waals surface area contributed by atoms with Gasteiger partial charge in [-0.3, -0.25) is 0 Å². The van der Waals surface area contributed by atoms with Gasteiger partial charge >= 0.3 is 0 Å². The highest BCUT2D eigenvalue weighted by Crippen LogP contribution is 2.31. The summed E-state index contributed by atoms with van der Waals surface area (Å²) in [6.45, 7) is -0.0894. The zero-order valence-electron chi connectivity index (χ0n) is 11.4. The lowest BCUT2D eigenvalue weighted by molar-refractivity contribution is 0.280. The maximum atomic E-state index is 9.10. The molecule has 0 amide bonds. The quantitative estimate of drug-likeness (QED) is 0.333. The predicted octanol–water partition coefficient (Wildman–Crippen LogP) is 1.47. The van der Waals surface area contributed by atoms with Crippen molar-refractivity contribution in [1.82, 2.24) is 4.98 Å². The maximum Gasteiger partial charge on any atom is 0.220 e. The van der Waals surface area contributed by atoms with E-state index in [2.05, 4.69) is 10.1 Å². The van der Waals surface area contributed by atoms with Crippen molar-refractivity contribution in [2.75, 3.05) is 7.11 Å². The van der Waals surface area contributed by atoms with Crippen molar-refractivity contribution in [3.63, 3.8) is 0 Å². The highest BCUT2D eigenvalue weighted by molar-refractivity contribution is 5.95. The minimum absolute atomic E-state index is 0.0894. The Hall–Kier alpha value is -2.80. The number of pyridine rings is 1. The summed E-state index contributed by atoms with van der Waals surface area (Å²) in [6, 6.07) is 9.95. The number of nitrogens with two attached hydrogens (primary N) is 1. The third-order valence-corrected chi connectivity index (χ3v) is 2.72. The summed E-state index contributed by atoms with van der Waals surface area (Å²) >= 11 is 0. The van der Waals surface area contributed by atoms with Gasteiger partial charge in [-0.15, -0.1) is 0 Å². The molecule has 0 atom stereocenters. The molecule has 0 bridgehead atoms. The first-order valence-corrected chi connectivity index (χ1v) is 6.08. The van der Waals surface area contributed by atoms with Crippen LogP contribution in [0.5, 0.6) is 17.4 Å². The van der Waals surface area contributed by atoms with Crippen molar-refractivity contribution < 1.29 is 19.8 Å². The molecule has 0 fully saturated rings. The van der Waals surface area contributed by atoms with E-state index in [1.807, 2.05) is 0 Å². The van der Waals surface area contributed by atoms with Gasteiger partial charge in [-0.25, -0.2) is 4.98 Å². The Morgan fingerprint density at radius 3 is 2.76 bits per heavy atom. The molecule has 0 aliphatic heterocycles. The number of aromatic nitrogens is 1. The van der Waals surface area contributed by atoms with Crippen molar-refractivity contribution in [2.24, 2.45) is 10.9 Å². The van der Waals surface area contributed by atoms with Gasteiger partial charge in [0.15, 0.2) is 17.3 Å².